The first-order chi connectivity index (χ1) is 11.6. The van der Waals surface area contributed by atoms with Crippen molar-refractivity contribution in [2.45, 2.75) is 19.1 Å². The van der Waals surface area contributed by atoms with E-state index in [9.17, 15) is 5.11 Å². The molecule has 2 aromatic heterocycles. The lowest BCUT2D eigenvalue weighted by molar-refractivity contribution is 0.0655. The lowest BCUT2D eigenvalue weighted by Gasteiger charge is -2.23. The molecule has 1 atom stereocenters. The molecule has 0 saturated carbocycles. The molecule has 0 spiro atoms. The summed E-state index contributed by atoms with van der Waals surface area (Å²) in [6, 6.07) is 12.3. The number of benzene rings is 1. The molecule has 3 rings (SSSR count). The van der Waals surface area contributed by atoms with Crippen molar-refractivity contribution in [3.05, 3.63) is 57.6 Å². The Morgan fingerprint density at radius 2 is 2.00 bits per heavy atom. The highest BCUT2D eigenvalue weighted by molar-refractivity contribution is 7.17. The topological polar surface area (TPSA) is 56.7 Å². The molecule has 3 N–H and O–H groups in total. The average molecular weight is 360 g/mol. The van der Waals surface area contributed by atoms with Crippen LogP contribution in [0.15, 0.2) is 52.2 Å². The van der Waals surface area contributed by atoms with Crippen LogP contribution in [0, 0.1) is 0 Å². The van der Waals surface area contributed by atoms with Crippen LogP contribution >= 0.6 is 22.7 Å². The van der Waals surface area contributed by atoms with E-state index < -0.39 is 5.60 Å². The molecule has 0 fully saturated rings. The van der Waals surface area contributed by atoms with Crippen molar-refractivity contribution in [3.8, 4) is 0 Å². The Hall–Kier alpha value is -1.89. The first-order valence-corrected chi connectivity index (χ1v) is 9.52. The van der Waals surface area contributed by atoms with Crippen molar-refractivity contribution in [2.24, 2.45) is 4.99 Å². The average Bonchev–Trinajstić information content (AvgIpc) is 3.25. The Bertz CT molecular complexity index is 822. The van der Waals surface area contributed by atoms with Crippen molar-refractivity contribution in [2.75, 3.05) is 13.6 Å². The minimum absolute atomic E-state index is 0.400. The molecule has 0 aliphatic carbocycles. The van der Waals surface area contributed by atoms with Crippen LogP contribution < -0.4 is 10.6 Å². The molecule has 126 valence electrons. The summed E-state index contributed by atoms with van der Waals surface area (Å²) in [5.41, 5.74) is 0.337. The Balaban J connectivity index is 1.59. The van der Waals surface area contributed by atoms with Gasteiger partial charge in [-0.2, -0.15) is 0 Å². The summed E-state index contributed by atoms with van der Waals surface area (Å²) in [6.07, 6.45) is 0. The van der Waals surface area contributed by atoms with Crippen LogP contribution in [0.5, 0.6) is 0 Å². The molecule has 2 heterocycles. The van der Waals surface area contributed by atoms with E-state index in [1.807, 2.05) is 24.4 Å². The molecule has 0 saturated heterocycles. The van der Waals surface area contributed by atoms with Gasteiger partial charge in [0.2, 0.25) is 0 Å². The number of fused-ring (bicyclic) bond motifs is 1. The molecular formula is C18H21N3OS2. The summed E-state index contributed by atoms with van der Waals surface area (Å²) in [5, 5.41) is 22.5. The van der Waals surface area contributed by atoms with E-state index in [0.717, 1.165) is 4.88 Å². The SMILES string of the molecule is CN=C(NCc1csc2ccccc12)NCC(C)(O)c1cccs1. The van der Waals surface area contributed by atoms with Crippen LogP contribution in [0.4, 0.5) is 0 Å². The zero-order valence-corrected chi connectivity index (χ0v) is 15.4. The maximum Gasteiger partial charge on any atom is 0.191 e. The van der Waals surface area contributed by atoms with Gasteiger partial charge in [-0.3, -0.25) is 4.99 Å². The molecule has 3 aromatic rings. The first-order valence-electron chi connectivity index (χ1n) is 7.76. The van der Waals surface area contributed by atoms with Gasteiger partial charge in [0.1, 0.15) is 5.60 Å². The van der Waals surface area contributed by atoms with E-state index in [1.165, 1.54) is 15.6 Å². The fourth-order valence-corrected chi connectivity index (χ4v) is 4.25. The molecule has 6 heteroatoms. The van der Waals surface area contributed by atoms with Crippen LogP contribution in [0.2, 0.25) is 0 Å². The number of nitrogens with one attached hydrogen (secondary N) is 2. The van der Waals surface area contributed by atoms with E-state index in [-0.39, 0.29) is 0 Å². The highest BCUT2D eigenvalue weighted by atomic mass is 32.1. The van der Waals surface area contributed by atoms with Crippen molar-refractivity contribution >= 4 is 38.7 Å². The molecule has 0 aliphatic heterocycles. The van der Waals surface area contributed by atoms with Crippen molar-refractivity contribution < 1.29 is 5.11 Å². The van der Waals surface area contributed by atoms with Crippen LogP contribution in [0.25, 0.3) is 10.1 Å². The second kappa shape index (κ2) is 7.34. The molecule has 24 heavy (non-hydrogen) atoms. The fourth-order valence-electron chi connectivity index (χ4n) is 2.50. The van der Waals surface area contributed by atoms with Gasteiger partial charge in [0.05, 0.1) is 6.54 Å². The number of hydrogen-bond acceptors (Lipinski definition) is 4. The van der Waals surface area contributed by atoms with E-state index in [4.69, 9.17) is 0 Å². The third-order valence-electron chi connectivity index (χ3n) is 3.88. The van der Waals surface area contributed by atoms with Gasteiger partial charge >= 0.3 is 0 Å². The van der Waals surface area contributed by atoms with Gasteiger partial charge in [0.15, 0.2) is 5.96 Å². The number of nitrogens with zero attached hydrogens (tertiary/aromatic N) is 1. The number of aliphatic hydroxyl groups is 1. The highest BCUT2D eigenvalue weighted by Gasteiger charge is 2.24. The van der Waals surface area contributed by atoms with Gasteiger partial charge in [-0.15, -0.1) is 22.7 Å². The van der Waals surface area contributed by atoms with Crippen molar-refractivity contribution in [3.63, 3.8) is 0 Å². The Morgan fingerprint density at radius 1 is 1.17 bits per heavy atom. The molecule has 1 aromatic carbocycles. The van der Waals surface area contributed by atoms with Crippen LogP contribution in [0.1, 0.15) is 17.4 Å². The van der Waals surface area contributed by atoms with Crippen molar-refractivity contribution in [1.29, 1.82) is 0 Å². The lowest BCUT2D eigenvalue weighted by atomic mass is 10.1. The van der Waals surface area contributed by atoms with Crippen LogP contribution in [-0.2, 0) is 12.1 Å². The molecule has 4 nitrogen and oxygen atoms in total. The summed E-state index contributed by atoms with van der Waals surface area (Å²) in [6.45, 7) is 2.91. The van der Waals surface area contributed by atoms with Crippen molar-refractivity contribution in [1.82, 2.24) is 10.6 Å². The van der Waals surface area contributed by atoms with Gasteiger partial charge in [-0.1, -0.05) is 24.3 Å². The van der Waals surface area contributed by atoms with Gasteiger partial charge in [-0.25, -0.2) is 0 Å². The van der Waals surface area contributed by atoms with Gasteiger partial charge in [0.25, 0.3) is 0 Å². The largest absolute Gasteiger partial charge is 0.383 e. The lowest BCUT2D eigenvalue weighted by Crippen LogP contribution is -2.44. The number of thiophene rings is 2. The smallest absolute Gasteiger partial charge is 0.191 e. The molecule has 0 amide bonds. The van der Waals surface area contributed by atoms with Gasteiger partial charge < -0.3 is 15.7 Å². The maximum atomic E-state index is 10.6. The number of hydrogen-bond donors (Lipinski definition) is 3. The Labute approximate surface area is 149 Å². The maximum absolute atomic E-state index is 10.6. The zero-order valence-electron chi connectivity index (χ0n) is 13.7. The summed E-state index contributed by atoms with van der Waals surface area (Å²) >= 11 is 3.30. The van der Waals surface area contributed by atoms with Gasteiger partial charge in [0, 0.05) is 23.2 Å². The molecule has 0 bridgehead atoms. The minimum atomic E-state index is -0.916. The summed E-state index contributed by atoms with van der Waals surface area (Å²) in [7, 11) is 1.74. The van der Waals surface area contributed by atoms with E-state index in [1.54, 1.807) is 29.7 Å². The Kier molecular flexibility index (Phi) is 5.18. The quantitative estimate of drug-likeness (QED) is 0.482. The fraction of sp³-hybridized carbons (Fsp3) is 0.278. The number of aliphatic imine (C=N–C) groups is 1. The van der Waals surface area contributed by atoms with E-state index >= 15 is 0 Å². The third kappa shape index (κ3) is 3.77. The monoisotopic (exact) mass is 359 g/mol. The molecular weight excluding hydrogens is 338 g/mol. The zero-order chi connectivity index (χ0) is 17.0. The normalized spacial score (nSPS) is 14.5. The molecule has 0 radical (unpaired) electrons. The second-order valence-electron chi connectivity index (χ2n) is 5.79. The van der Waals surface area contributed by atoms with Crippen LogP contribution in [0.3, 0.4) is 0 Å². The Morgan fingerprint density at radius 3 is 2.75 bits per heavy atom. The van der Waals surface area contributed by atoms with E-state index in [2.05, 4.69) is 45.3 Å². The predicted molar refractivity (Wildman–Crippen MR) is 104 cm³/mol. The summed E-state index contributed by atoms with van der Waals surface area (Å²) < 4.78 is 1.29. The third-order valence-corrected chi connectivity index (χ3v) is 6.02. The second-order valence-corrected chi connectivity index (χ2v) is 7.65. The highest BCUT2D eigenvalue weighted by Crippen LogP contribution is 2.26. The standard InChI is InChI=1S/C18H21N3OS2/c1-18(22,16-8-5-9-23-16)12-21-17(19-2)20-10-13-11-24-15-7-4-3-6-14(13)15/h3-9,11,22H,10,12H2,1-2H3,(H2,19,20,21). The number of guanidine groups is 1. The summed E-state index contributed by atoms with van der Waals surface area (Å²) in [5.74, 6) is 0.683. The minimum Gasteiger partial charge on any atom is -0.383 e. The molecule has 1 unspecified atom stereocenters. The number of rotatable bonds is 5. The first kappa shape index (κ1) is 17.0. The predicted octanol–water partition coefficient (Wildman–Crippen LogP) is 3.54. The summed E-state index contributed by atoms with van der Waals surface area (Å²) in [4.78, 5) is 5.18. The van der Waals surface area contributed by atoms with Crippen LogP contribution in [-0.4, -0.2) is 24.7 Å². The van der Waals surface area contributed by atoms with Gasteiger partial charge in [-0.05, 0) is 40.8 Å². The van der Waals surface area contributed by atoms with E-state index in [0.29, 0.717) is 19.0 Å². The molecule has 0 aliphatic rings.